The molecule has 0 aliphatic carbocycles. The summed E-state index contributed by atoms with van der Waals surface area (Å²) in [7, 11) is 1.46. The number of methoxy groups -OCH3 is 1. The van der Waals surface area contributed by atoms with Gasteiger partial charge < -0.3 is 10.1 Å². The van der Waals surface area contributed by atoms with Gasteiger partial charge in [-0.25, -0.2) is 9.97 Å². The van der Waals surface area contributed by atoms with E-state index in [1.165, 1.54) is 13.3 Å². The third-order valence-corrected chi connectivity index (χ3v) is 3.40. The molecule has 0 aliphatic heterocycles. The van der Waals surface area contributed by atoms with Crippen molar-refractivity contribution in [1.82, 2.24) is 9.97 Å². The molecule has 0 spiro atoms. The van der Waals surface area contributed by atoms with Crippen LogP contribution >= 0.6 is 27.5 Å². The molecule has 19 heavy (non-hydrogen) atoms. The van der Waals surface area contributed by atoms with Crippen LogP contribution in [-0.2, 0) is 0 Å². The van der Waals surface area contributed by atoms with Crippen molar-refractivity contribution in [3.05, 3.63) is 45.8 Å². The fourth-order valence-electron chi connectivity index (χ4n) is 1.41. The molecule has 5 nitrogen and oxygen atoms in total. The average molecular weight is 343 g/mol. The van der Waals surface area contributed by atoms with Crippen LogP contribution in [0, 0.1) is 0 Å². The number of amides is 1. The molecule has 0 radical (unpaired) electrons. The molecule has 98 valence electrons. The van der Waals surface area contributed by atoms with Crippen LogP contribution in [0.2, 0.25) is 5.15 Å². The van der Waals surface area contributed by atoms with Crippen LogP contribution < -0.4 is 10.1 Å². The maximum Gasteiger partial charge on any atom is 0.261 e. The molecule has 0 bridgehead atoms. The number of anilines is 1. The van der Waals surface area contributed by atoms with Crippen molar-refractivity contribution < 1.29 is 9.53 Å². The molecule has 7 heteroatoms. The number of aromatic nitrogens is 2. The predicted molar refractivity (Wildman–Crippen MR) is 75.7 cm³/mol. The van der Waals surface area contributed by atoms with E-state index < -0.39 is 0 Å². The van der Waals surface area contributed by atoms with Crippen LogP contribution in [0.25, 0.3) is 0 Å². The quantitative estimate of drug-likeness (QED) is 0.870. The van der Waals surface area contributed by atoms with Crippen molar-refractivity contribution >= 4 is 39.1 Å². The van der Waals surface area contributed by atoms with Gasteiger partial charge in [-0.1, -0.05) is 11.6 Å². The van der Waals surface area contributed by atoms with E-state index in [2.05, 4.69) is 31.2 Å². The molecular formula is C12H9BrClN3O2. The van der Waals surface area contributed by atoms with E-state index in [0.29, 0.717) is 20.9 Å². The topological polar surface area (TPSA) is 64.1 Å². The summed E-state index contributed by atoms with van der Waals surface area (Å²) < 4.78 is 5.63. The minimum Gasteiger partial charge on any atom is -0.480 e. The zero-order chi connectivity index (χ0) is 13.8. The summed E-state index contributed by atoms with van der Waals surface area (Å²) in [5.74, 6) is -0.0676. The molecule has 0 atom stereocenters. The average Bonchev–Trinajstić information content (AvgIpc) is 2.43. The molecular weight excluding hydrogens is 334 g/mol. The molecule has 0 saturated heterocycles. The van der Waals surface area contributed by atoms with E-state index in [1.54, 1.807) is 24.4 Å². The number of ether oxygens (including phenoxy) is 1. The summed E-state index contributed by atoms with van der Waals surface area (Å²) in [4.78, 5) is 20.0. The first-order valence-electron chi connectivity index (χ1n) is 5.23. The van der Waals surface area contributed by atoms with E-state index in [4.69, 9.17) is 16.3 Å². The predicted octanol–water partition coefficient (Wildman–Crippen LogP) is 3.15. The maximum atomic E-state index is 12.1. The van der Waals surface area contributed by atoms with E-state index in [-0.39, 0.29) is 11.8 Å². The second kappa shape index (κ2) is 5.99. The van der Waals surface area contributed by atoms with Gasteiger partial charge >= 0.3 is 0 Å². The van der Waals surface area contributed by atoms with E-state index in [0.717, 1.165) is 0 Å². The fraction of sp³-hybridized carbons (Fsp3) is 0.0833. The molecule has 0 fully saturated rings. The van der Waals surface area contributed by atoms with Crippen molar-refractivity contribution in [3.8, 4) is 5.88 Å². The number of halogens is 2. The molecule has 0 saturated carbocycles. The second-order valence-corrected chi connectivity index (χ2v) is 4.72. The van der Waals surface area contributed by atoms with E-state index >= 15 is 0 Å². The van der Waals surface area contributed by atoms with Gasteiger partial charge in [-0.2, -0.15) is 0 Å². The molecule has 1 N–H and O–H groups in total. The highest BCUT2D eigenvalue weighted by Gasteiger charge is 2.13. The minimum atomic E-state index is -0.332. The Morgan fingerprint density at radius 2 is 2.26 bits per heavy atom. The van der Waals surface area contributed by atoms with Crippen LogP contribution in [-0.4, -0.2) is 23.0 Å². The highest BCUT2D eigenvalue weighted by molar-refractivity contribution is 9.10. The van der Waals surface area contributed by atoms with Gasteiger partial charge in [-0.3, -0.25) is 4.79 Å². The Kier molecular flexibility index (Phi) is 4.34. The van der Waals surface area contributed by atoms with Crippen molar-refractivity contribution in [2.75, 3.05) is 12.4 Å². The first-order valence-corrected chi connectivity index (χ1v) is 6.40. The monoisotopic (exact) mass is 341 g/mol. The van der Waals surface area contributed by atoms with Crippen molar-refractivity contribution in [1.29, 1.82) is 0 Å². The zero-order valence-corrected chi connectivity index (χ0v) is 12.2. The number of carbonyl (C=O) groups excluding carboxylic acids is 1. The summed E-state index contributed by atoms with van der Waals surface area (Å²) >= 11 is 9.02. The summed E-state index contributed by atoms with van der Waals surface area (Å²) in [6.07, 6.45) is 3.02. The number of hydrogen-bond acceptors (Lipinski definition) is 4. The SMILES string of the molecule is COc1ncccc1C(=O)Nc1cnc(Cl)c(Br)c1. The molecule has 0 unspecified atom stereocenters. The van der Waals surface area contributed by atoms with Crippen LogP contribution in [0.1, 0.15) is 10.4 Å². The molecule has 2 heterocycles. The van der Waals surface area contributed by atoms with E-state index in [1.807, 2.05) is 0 Å². The van der Waals surface area contributed by atoms with Gasteiger partial charge in [0, 0.05) is 6.20 Å². The summed E-state index contributed by atoms with van der Waals surface area (Å²) in [6, 6.07) is 4.95. The standard InChI is InChI=1S/C12H9BrClN3O2/c1-19-12-8(3-2-4-15-12)11(18)17-7-5-9(13)10(14)16-6-7/h2-6H,1H3,(H,17,18). The van der Waals surface area contributed by atoms with Crippen LogP contribution in [0.5, 0.6) is 5.88 Å². The molecule has 2 aromatic heterocycles. The Morgan fingerprint density at radius 3 is 2.95 bits per heavy atom. The lowest BCUT2D eigenvalue weighted by Gasteiger charge is -2.08. The highest BCUT2D eigenvalue weighted by Crippen LogP contribution is 2.23. The normalized spacial score (nSPS) is 10.1. The number of nitrogens with one attached hydrogen (secondary N) is 1. The van der Waals surface area contributed by atoms with Gasteiger partial charge in [-0.15, -0.1) is 0 Å². The largest absolute Gasteiger partial charge is 0.480 e. The Balaban J connectivity index is 2.23. The number of carbonyl (C=O) groups is 1. The van der Waals surface area contributed by atoms with Crippen molar-refractivity contribution in [2.24, 2.45) is 0 Å². The zero-order valence-electron chi connectivity index (χ0n) is 9.85. The van der Waals surface area contributed by atoms with Crippen molar-refractivity contribution in [2.45, 2.75) is 0 Å². The first kappa shape index (κ1) is 13.8. The van der Waals surface area contributed by atoms with Gasteiger partial charge in [0.2, 0.25) is 5.88 Å². The Bertz CT molecular complexity index is 622. The highest BCUT2D eigenvalue weighted by atomic mass is 79.9. The van der Waals surface area contributed by atoms with Crippen LogP contribution in [0.4, 0.5) is 5.69 Å². The lowest BCUT2D eigenvalue weighted by atomic mass is 10.2. The maximum absolute atomic E-state index is 12.1. The molecule has 2 rings (SSSR count). The summed E-state index contributed by atoms with van der Waals surface area (Å²) in [5, 5.41) is 3.02. The molecule has 1 amide bonds. The van der Waals surface area contributed by atoms with E-state index in [9.17, 15) is 4.79 Å². The third kappa shape index (κ3) is 3.21. The Labute approximate surface area is 123 Å². The first-order chi connectivity index (χ1) is 9.11. The number of rotatable bonds is 3. The second-order valence-electron chi connectivity index (χ2n) is 3.51. The van der Waals surface area contributed by atoms with Gasteiger partial charge in [0.15, 0.2) is 0 Å². The van der Waals surface area contributed by atoms with Gasteiger partial charge in [0.1, 0.15) is 10.7 Å². The number of pyridine rings is 2. The van der Waals surface area contributed by atoms with Crippen LogP contribution in [0.15, 0.2) is 35.1 Å². The lowest BCUT2D eigenvalue weighted by molar-refractivity contribution is 0.102. The molecule has 0 aliphatic rings. The number of hydrogen-bond donors (Lipinski definition) is 1. The molecule has 2 aromatic rings. The van der Waals surface area contributed by atoms with Gasteiger partial charge in [0.25, 0.3) is 5.91 Å². The van der Waals surface area contributed by atoms with Crippen LogP contribution in [0.3, 0.4) is 0 Å². The molecule has 0 aromatic carbocycles. The Hall–Kier alpha value is -1.66. The summed E-state index contributed by atoms with van der Waals surface area (Å²) in [6.45, 7) is 0. The minimum absolute atomic E-state index is 0.265. The van der Waals surface area contributed by atoms with Gasteiger partial charge in [0.05, 0.1) is 23.5 Å². The fourth-order valence-corrected chi connectivity index (χ4v) is 1.87. The summed E-state index contributed by atoms with van der Waals surface area (Å²) in [5.41, 5.74) is 0.864. The van der Waals surface area contributed by atoms with Gasteiger partial charge in [-0.05, 0) is 34.1 Å². The lowest BCUT2D eigenvalue weighted by Crippen LogP contribution is -2.14. The number of nitrogens with zero attached hydrogens (tertiary/aromatic N) is 2. The smallest absolute Gasteiger partial charge is 0.261 e. The Morgan fingerprint density at radius 1 is 1.47 bits per heavy atom. The van der Waals surface area contributed by atoms with Crippen molar-refractivity contribution in [3.63, 3.8) is 0 Å². The third-order valence-electron chi connectivity index (χ3n) is 2.26.